The molecule has 0 atom stereocenters. The van der Waals surface area contributed by atoms with Crippen molar-refractivity contribution in [1.82, 2.24) is 9.97 Å². The molecule has 0 amide bonds. The van der Waals surface area contributed by atoms with Crippen LogP contribution in [0.4, 0.5) is 5.95 Å². The zero-order valence-electron chi connectivity index (χ0n) is 4.02. The summed E-state index contributed by atoms with van der Waals surface area (Å²) in [5.74, 6) is 0.428. The van der Waals surface area contributed by atoms with Crippen LogP contribution in [0.15, 0.2) is 0 Å². The van der Waals surface area contributed by atoms with E-state index in [1.807, 2.05) is 6.92 Å². The monoisotopic (exact) mass is 96.1 g/mol. The van der Waals surface area contributed by atoms with Crippen molar-refractivity contribution < 1.29 is 0 Å². The second-order valence-electron chi connectivity index (χ2n) is 1.36. The van der Waals surface area contributed by atoms with Gasteiger partial charge < -0.3 is 10.7 Å². The molecule has 3 nitrogen and oxygen atoms in total. The van der Waals surface area contributed by atoms with Crippen LogP contribution >= 0.6 is 0 Å². The predicted molar refractivity (Wildman–Crippen MR) is 26.6 cm³/mol. The molecular formula is C4H6N3. The Morgan fingerprint density at radius 1 is 1.86 bits per heavy atom. The van der Waals surface area contributed by atoms with Crippen LogP contribution in [-0.2, 0) is 0 Å². The van der Waals surface area contributed by atoms with Gasteiger partial charge in [0.1, 0.15) is 6.20 Å². The Labute approximate surface area is 41.6 Å². The van der Waals surface area contributed by atoms with E-state index < -0.39 is 0 Å². The van der Waals surface area contributed by atoms with Crippen molar-refractivity contribution in [3.05, 3.63) is 11.9 Å². The van der Waals surface area contributed by atoms with Gasteiger partial charge in [-0.3, -0.25) is 0 Å². The van der Waals surface area contributed by atoms with Crippen molar-refractivity contribution in [2.45, 2.75) is 6.92 Å². The number of hydrogen-bond donors (Lipinski definition) is 2. The van der Waals surface area contributed by atoms with E-state index in [2.05, 4.69) is 16.2 Å². The number of hydrogen-bond acceptors (Lipinski definition) is 2. The van der Waals surface area contributed by atoms with Gasteiger partial charge >= 0.3 is 0 Å². The standard InChI is InChI=1S/C4H6N3/c1-3-2-6-4(5)7-3/h1H3,(H3,5,6,7). The topological polar surface area (TPSA) is 54.7 Å². The molecule has 37 valence electrons. The van der Waals surface area contributed by atoms with Gasteiger partial charge in [0.05, 0.1) is 0 Å². The third kappa shape index (κ3) is 0.707. The van der Waals surface area contributed by atoms with Gasteiger partial charge in [0.2, 0.25) is 0 Å². The minimum Gasteiger partial charge on any atom is -0.369 e. The van der Waals surface area contributed by atoms with Gasteiger partial charge in [-0.05, 0) is 6.92 Å². The van der Waals surface area contributed by atoms with Gasteiger partial charge in [-0.2, -0.15) is 0 Å². The summed E-state index contributed by atoms with van der Waals surface area (Å²) >= 11 is 0. The van der Waals surface area contributed by atoms with Crippen LogP contribution in [0.1, 0.15) is 5.69 Å². The van der Waals surface area contributed by atoms with Crippen molar-refractivity contribution in [3.8, 4) is 0 Å². The molecule has 7 heavy (non-hydrogen) atoms. The predicted octanol–water partition coefficient (Wildman–Crippen LogP) is 0.101. The number of nitrogens with zero attached hydrogens (tertiary/aromatic N) is 1. The van der Waals surface area contributed by atoms with Crippen LogP contribution in [0.25, 0.3) is 0 Å². The van der Waals surface area contributed by atoms with Gasteiger partial charge in [-0.25, -0.2) is 4.98 Å². The molecule has 1 heterocycles. The van der Waals surface area contributed by atoms with Crippen LogP contribution < -0.4 is 5.73 Å². The number of anilines is 1. The molecule has 0 spiro atoms. The smallest absolute Gasteiger partial charge is 0.198 e. The average molecular weight is 96.1 g/mol. The lowest BCUT2D eigenvalue weighted by atomic mass is 10.6. The summed E-state index contributed by atoms with van der Waals surface area (Å²) < 4.78 is 0. The first kappa shape index (κ1) is 4.18. The Morgan fingerprint density at radius 3 is 2.71 bits per heavy atom. The first-order valence-corrected chi connectivity index (χ1v) is 1.99. The van der Waals surface area contributed by atoms with Gasteiger partial charge in [0.15, 0.2) is 5.95 Å². The summed E-state index contributed by atoms with van der Waals surface area (Å²) in [6.07, 6.45) is 2.64. The molecule has 1 radical (unpaired) electrons. The number of H-pyrrole nitrogens is 1. The molecular weight excluding hydrogens is 90.1 g/mol. The number of aromatic amines is 1. The fourth-order valence-corrected chi connectivity index (χ4v) is 0.392. The highest BCUT2D eigenvalue weighted by atomic mass is 15.0. The second-order valence-corrected chi connectivity index (χ2v) is 1.36. The molecule has 3 heteroatoms. The van der Waals surface area contributed by atoms with Crippen LogP contribution in [0, 0.1) is 13.1 Å². The Hall–Kier alpha value is -0.990. The number of aromatic nitrogens is 2. The highest BCUT2D eigenvalue weighted by Crippen LogP contribution is 1.91. The Balaban J connectivity index is 3.04. The first-order valence-electron chi connectivity index (χ1n) is 1.99. The quantitative estimate of drug-likeness (QED) is 0.481. The number of rotatable bonds is 0. The Bertz CT molecular complexity index is 139. The Morgan fingerprint density at radius 2 is 2.57 bits per heavy atom. The van der Waals surface area contributed by atoms with E-state index in [-0.39, 0.29) is 0 Å². The summed E-state index contributed by atoms with van der Waals surface area (Å²) in [5, 5.41) is 0. The van der Waals surface area contributed by atoms with E-state index in [0.29, 0.717) is 5.95 Å². The minimum absolute atomic E-state index is 0.428. The fourth-order valence-electron chi connectivity index (χ4n) is 0.392. The molecule has 1 aromatic heterocycles. The molecule has 0 saturated heterocycles. The van der Waals surface area contributed by atoms with Crippen molar-refractivity contribution in [2.75, 3.05) is 5.73 Å². The molecule has 1 rings (SSSR count). The van der Waals surface area contributed by atoms with E-state index in [1.165, 1.54) is 0 Å². The van der Waals surface area contributed by atoms with E-state index in [9.17, 15) is 0 Å². The molecule has 0 aliphatic rings. The zero-order chi connectivity index (χ0) is 5.28. The lowest BCUT2D eigenvalue weighted by Gasteiger charge is -1.74. The van der Waals surface area contributed by atoms with Crippen LogP contribution in [0.2, 0.25) is 0 Å². The molecule has 0 fully saturated rings. The van der Waals surface area contributed by atoms with Crippen molar-refractivity contribution in [1.29, 1.82) is 0 Å². The summed E-state index contributed by atoms with van der Waals surface area (Å²) in [7, 11) is 0. The molecule has 0 unspecified atom stereocenters. The first-order chi connectivity index (χ1) is 3.29. The fraction of sp³-hybridized carbons (Fsp3) is 0.250. The third-order valence-corrected chi connectivity index (χ3v) is 0.660. The molecule has 1 aromatic rings. The number of nitrogens with two attached hydrogens (primary N) is 1. The van der Waals surface area contributed by atoms with Gasteiger partial charge in [0, 0.05) is 5.69 Å². The second kappa shape index (κ2) is 1.26. The van der Waals surface area contributed by atoms with Crippen molar-refractivity contribution in [2.24, 2.45) is 0 Å². The van der Waals surface area contributed by atoms with Gasteiger partial charge in [-0.15, -0.1) is 0 Å². The molecule has 3 N–H and O–H groups in total. The lowest BCUT2D eigenvalue weighted by molar-refractivity contribution is 1.26. The summed E-state index contributed by atoms with van der Waals surface area (Å²) in [4.78, 5) is 6.36. The summed E-state index contributed by atoms with van der Waals surface area (Å²) in [6, 6.07) is 0. The number of aryl methyl sites for hydroxylation is 1. The minimum atomic E-state index is 0.428. The van der Waals surface area contributed by atoms with Gasteiger partial charge in [0.25, 0.3) is 0 Å². The largest absolute Gasteiger partial charge is 0.369 e. The summed E-state index contributed by atoms with van der Waals surface area (Å²) in [5.41, 5.74) is 6.05. The zero-order valence-corrected chi connectivity index (χ0v) is 4.02. The molecule has 0 aliphatic carbocycles. The number of imidazole rings is 1. The van der Waals surface area contributed by atoms with E-state index in [1.54, 1.807) is 0 Å². The molecule has 0 bridgehead atoms. The average Bonchev–Trinajstić information content (AvgIpc) is 1.87. The third-order valence-electron chi connectivity index (χ3n) is 0.660. The van der Waals surface area contributed by atoms with Crippen LogP contribution in [0.5, 0.6) is 0 Å². The maximum absolute atomic E-state index is 5.18. The highest BCUT2D eigenvalue weighted by Gasteiger charge is 1.85. The Kier molecular flexibility index (Phi) is 0.749. The molecule has 0 aliphatic heterocycles. The van der Waals surface area contributed by atoms with E-state index in [0.717, 1.165) is 5.69 Å². The van der Waals surface area contributed by atoms with Crippen LogP contribution in [0.3, 0.4) is 0 Å². The number of nitrogen functional groups attached to an aromatic ring is 1. The number of nitrogens with one attached hydrogen (secondary N) is 1. The van der Waals surface area contributed by atoms with Crippen molar-refractivity contribution in [3.63, 3.8) is 0 Å². The highest BCUT2D eigenvalue weighted by molar-refractivity contribution is 5.16. The van der Waals surface area contributed by atoms with Crippen LogP contribution in [-0.4, -0.2) is 9.97 Å². The molecule has 0 saturated carbocycles. The van der Waals surface area contributed by atoms with E-state index in [4.69, 9.17) is 5.73 Å². The maximum Gasteiger partial charge on any atom is 0.198 e. The molecule has 0 aromatic carbocycles. The SMILES string of the molecule is Cc1[c]nc(N)[nH]1. The normalized spacial score (nSPS) is 9.29. The summed E-state index contributed by atoms with van der Waals surface area (Å²) in [6.45, 7) is 1.85. The maximum atomic E-state index is 5.18. The van der Waals surface area contributed by atoms with Crippen molar-refractivity contribution >= 4 is 5.95 Å². The lowest BCUT2D eigenvalue weighted by Crippen LogP contribution is -1.84. The van der Waals surface area contributed by atoms with Gasteiger partial charge in [-0.1, -0.05) is 0 Å². The van der Waals surface area contributed by atoms with E-state index >= 15 is 0 Å².